The van der Waals surface area contributed by atoms with Gasteiger partial charge in [-0.2, -0.15) is 0 Å². The average molecular weight is 291 g/mol. The zero-order chi connectivity index (χ0) is 15.2. The van der Waals surface area contributed by atoms with E-state index in [0.29, 0.717) is 6.54 Å². The molecule has 0 aliphatic heterocycles. The lowest BCUT2D eigenvalue weighted by atomic mass is 10.0. The topological polar surface area (TPSA) is 32.3 Å². The highest BCUT2D eigenvalue weighted by molar-refractivity contribution is 5.21. The molecule has 0 amide bonds. The summed E-state index contributed by atoms with van der Waals surface area (Å²) in [6, 6.07) is 13.2. The van der Waals surface area contributed by atoms with Crippen molar-refractivity contribution in [2.75, 3.05) is 13.1 Å². The molecule has 2 atom stereocenters. The van der Waals surface area contributed by atoms with Gasteiger partial charge in [0.05, 0.1) is 6.10 Å². The zero-order valence-electron chi connectivity index (χ0n) is 11.9. The fourth-order valence-corrected chi connectivity index (χ4v) is 2.22. The minimum atomic E-state index is -0.992. The molecule has 2 rings (SSSR count). The Kier molecular flexibility index (Phi) is 5.42. The van der Waals surface area contributed by atoms with Crippen molar-refractivity contribution in [3.05, 3.63) is 71.3 Å². The molecule has 0 heterocycles. The van der Waals surface area contributed by atoms with Gasteiger partial charge in [0.25, 0.3) is 0 Å². The van der Waals surface area contributed by atoms with Gasteiger partial charge in [0, 0.05) is 24.7 Å². The monoisotopic (exact) mass is 291 g/mol. The number of rotatable bonds is 6. The van der Waals surface area contributed by atoms with Gasteiger partial charge in [0.15, 0.2) is 0 Å². The summed E-state index contributed by atoms with van der Waals surface area (Å²) in [5, 5.41) is 13.1. The Labute approximate surface area is 123 Å². The lowest BCUT2D eigenvalue weighted by molar-refractivity contribution is 0.169. The van der Waals surface area contributed by atoms with Crippen LogP contribution in [0.1, 0.15) is 30.1 Å². The van der Waals surface area contributed by atoms with Crippen molar-refractivity contribution < 1.29 is 13.9 Å². The first-order chi connectivity index (χ1) is 10.1. The van der Waals surface area contributed by atoms with E-state index in [9.17, 15) is 13.9 Å². The van der Waals surface area contributed by atoms with E-state index in [1.165, 1.54) is 11.6 Å². The van der Waals surface area contributed by atoms with E-state index in [-0.39, 0.29) is 18.0 Å². The van der Waals surface area contributed by atoms with Crippen LogP contribution in [-0.2, 0) is 0 Å². The van der Waals surface area contributed by atoms with Crippen molar-refractivity contribution >= 4 is 0 Å². The van der Waals surface area contributed by atoms with Crippen LogP contribution in [0.2, 0.25) is 0 Å². The number of hydrogen-bond acceptors (Lipinski definition) is 2. The predicted octanol–water partition coefficient (Wildman–Crippen LogP) is 3.39. The molecule has 112 valence electrons. The van der Waals surface area contributed by atoms with Crippen LogP contribution in [0, 0.1) is 11.6 Å². The van der Waals surface area contributed by atoms with Crippen LogP contribution < -0.4 is 5.32 Å². The van der Waals surface area contributed by atoms with E-state index in [1.54, 1.807) is 0 Å². The fourth-order valence-electron chi connectivity index (χ4n) is 2.22. The van der Waals surface area contributed by atoms with Gasteiger partial charge < -0.3 is 10.4 Å². The lowest BCUT2D eigenvalue weighted by Crippen LogP contribution is -2.26. The van der Waals surface area contributed by atoms with Crippen molar-refractivity contribution in [2.45, 2.75) is 18.9 Å². The summed E-state index contributed by atoms with van der Waals surface area (Å²) < 4.78 is 26.3. The molecule has 2 aromatic carbocycles. The van der Waals surface area contributed by atoms with E-state index in [1.807, 2.05) is 30.3 Å². The van der Waals surface area contributed by atoms with Gasteiger partial charge in [0.2, 0.25) is 0 Å². The van der Waals surface area contributed by atoms with Gasteiger partial charge in [0.1, 0.15) is 11.6 Å². The highest BCUT2D eigenvalue weighted by Crippen LogP contribution is 2.18. The Hall–Kier alpha value is -1.78. The largest absolute Gasteiger partial charge is 0.387 e. The van der Waals surface area contributed by atoms with E-state index in [2.05, 4.69) is 12.2 Å². The summed E-state index contributed by atoms with van der Waals surface area (Å²) in [7, 11) is 0. The molecule has 0 fully saturated rings. The summed E-state index contributed by atoms with van der Waals surface area (Å²) >= 11 is 0. The molecule has 2 unspecified atom stereocenters. The quantitative estimate of drug-likeness (QED) is 0.855. The average Bonchev–Trinajstić information content (AvgIpc) is 2.47. The maximum absolute atomic E-state index is 13.5. The van der Waals surface area contributed by atoms with Crippen LogP contribution in [0.3, 0.4) is 0 Å². The first-order valence-corrected chi connectivity index (χ1v) is 6.96. The van der Waals surface area contributed by atoms with Crippen LogP contribution >= 0.6 is 0 Å². The zero-order valence-corrected chi connectivity index (χ0v) is 11.9. The van der Waals surface area contributed by atoms with Crippen molar-refractivity contribution in [2.24, 2.45) is 0 Å². The maximum atomic E-state index is 13.5. The lowest BCUT2D eigenvalue weighted by Gasteiger charge is -2.16. The molecule has 2 aromatic rings. The number of aliphatic hydroxyl groups excluding tert-OH is 1. The SMILES string of the molecule is CC(CNCC(O)c1ccc(F)cc1F)c1ccccc1. The van der Waals surface area contributed by atoms with Gasteiger partial charge in [-0.3, -0.25) is 0 Å². The molecule has 0 aromatic heterocycles. The second-order valence-electron chi connectivity index (χ2n) is 5.15. The molecule has 0 saturated heterocycles. The fraction of sp³-hybridized carbons (Fsp3) is 0.294. The molecular weight excluding hydrogens is 272 g/mol. The molecule has 0 saturated carbocycles. The highest BCUT2D eigenvalue weighted by Gasteiger charge is 2.14. The Balaban J connectivity index is 1.85. The molecule has 0 aliphatic rings. The molecule has 21 heavy (non-hydrogen) atoms. The third-order valence-corrected chi connectivity index (χ3v) is 3.48. The first kappa shape index (κ1) is 15.6. The third-order valence-electron chi connectivity index (χ3n) is 3.48. The summed E-state index contributed by atoms with van der Waals surface area (Å²) in [6.07, 6.45) is -0.992. The van der Waals surface area contributed by atoms with Gasteiger partial charge in [-0.05, 0) is 17.5 Å². The van der Waals surface area contributed by atoms with Gasteiger partial charge in [-0.1, -0.05) is 43.3 Å². The molecule has 2 nitrogen and oxygen atoms in total. The number of hydrogen-bond donors (Lipinski definition) is 2. The normalized spacial score (nSPS) is 13.9. The van der Waals surface area contributed by atoms with E-state index < -0.39 is 17.7 Å². The number of benzene rings is 2. The van der Waals surface area contributed by atoms with Gasteiger partial charge in [-0.25, -0.2) is 8.78 Å². The maximum Gasteiger partial charge on any atom is 0.131 e. The molecule has 0 spiro atoms. The number of halogens is 2. The van der Waals surface area contributed by atoms with Crippen molar-refractivity contribution in [1.29, 1.82) is 0 Å². The van der Waals surface area contributed by atoms with Gasteiger partial charge >= 0.3 is 0 Å². The molecule has 4 heteroatoms. The molecule has 0 aliphatic carbocycles. The van der Waals surface area contributed by atoms with Crippen LogP contribution in [0.15, 0.2) is 48.5 Å². The number of aliphatic hydroxyl groups is 1. The Morgan fingerprint density at radius 1 is 1.05 bits per heavy atom. The summed E-state index contributed by atoms with van der Waals surface area (Å²) in [6.45, 7) is 2.97. The summed E-state index contributed by atoms with van der Waals surface area (Å²) in [5.41, 5.74) is 1.31. The minimum absolute atomic E-state index is 0.108. The Morgan fingerprint density at radius 3 is 2.43 bits per heavy atom. The van der Waals surface area contributed by atoms with Crippen LogP contribution in [0.25, 0.3) is 0 Å². The van der Waals surface area contributed by atoms with Crippen LogP contribution in [-0.4, -0.2) is 18.2 Å². The van der Waals surface area contributed by atoms with Crippen molar-refractivity contribution in [3.8, 4) is 0 Å². The van der Waals surface area contributed by atoms with Crippen LogP contribution in [0.4, 0.5) is 8.78 Å². The first-order valence-electron chi connectivity index (χ1n) is 6.96. The standard InChI is InChI=1S/C17H19F2NO/c1-12(13-5-3-2-4-6-13)10-20-11-17(21)15-8-7-14(18)9-16(15)19/h2-9,12,17,20-21H,10-11H2,1H3. The Bertz CT molecular complexity index is 574. The van der Waals surface area contributed by atoms with Gasteiger partial charge in [-0.15, -0.1) is 0 Å². The van der Waals surface area contributed by atoms with E-state index in [4.69, 9.17) is 0 Å². The predicted molar refractivity (Wildman–Crippen MR) is 79.0 cm³/mol. The van der Waals surface area contributed by atoms with Crippen LogP contribution in [0.5, 0.6) is 0 Å². The van der Waals surface area contributed by atoms with Crippen molar-refractivity contribution in [3.63, 3.8) is 0 Å². The second kappa shape index (κ2) is 7.29. The molecule has 2 N–H and O–H groups in total. The Morgan fingerprint density at radius 2 is 1.76 bits per heavy atom. The van der Waals surface area contributed by atoms with Crippen molar-refractivity contribution in [1.82, 2.24) is 5.32 Å². The second-order valence-corrected chi connectivity index (χ2v) is 5.15. The minimum Gasteiger partial charge on any atom is -0.387 e. The summed E-state index contributed by atoms with van der Waals surface area (Å²) in [4.78, 5) is 0. The number of nitrogens with one attached hydrogen (secondary N) is 1. The third kappa shape index (κ3) is 4.34. The molecule has 0 bridgehead atoms. The molecule has 0 radical (unpaired) electrons. The van der Waals surface area contributed by atoms with E-state index in [0.717, 1.165) is 12.1 Å². The highest BCUT2D eigenvalue weighted by atomic mass is 19.1. The summed E-state index contributed by atoms with van der Waals surface area (Å²) in [5.74, 6) is -1.08. The molecular formula is C17H19F2NO. The van der Waals surface area contributed by atoms with E-state index >= 15 is 0 Å². The smallest absolute Gasteiger partial charge is 0.131 e.